The number of methoxy groups -OCH3 is 2. The highest BCUT2D eigenvalue weighted by Gasteiger charge is 2.69. The number of phenolic OH excluding ortho intramolecular Hbond substituents is 2. The van der Waals surface area contributed by atoms with Gasteiger partial charge in [0, 0.05) is 33.5 Å². The molecule has 0 saturated carbocycles. The Morgan fingerprint density at radius 1 is 0.607 bits per heavy atom. The number of benzene rings is 1. The van der Waals surface area contributed by atoms with Crippen LogP contribution in [0.4, 0.5) is 0 Å². The molecule has 10 aliphatic rings. The summed E-state index contributed by atoms with van der Waals surface area (Å²) in [6.45, 7) is 12.1. The molecule has 10 aliphatic heterocycles. The van der Waals surface area contributed by atoms with Crippen LogP contribution in [0, 0.1) is 6.92 Å². The SMILES string of the molecule is CCC(=O)O[C@H]1[C@@H](O[C@@H]2O[C@H](COC)[C@@H](O[C@@H]3O[C@H](C)[C@H](O)[C@H](O[C@H]4C[C@@]5(C)OC6(C[C@@H](O)[C@H](O[C@H]7C[C@@H](O)[C@H](OC(=O)c8c(C)c(Cl)c(O)c(Cl)c8O)[C@@H](C)O7)[C@@H](C)O6)O[C@@H]5[C@@H](C)O4)[C@H]3O)[C@H](O)[C@@H]2OC)OC[C@@H]2O[C@]3(O[C@@H]12)O[C@H](C)[C@H](O)[C@@H]1OCO[C@H]13. The highest BCUT2D eigenvalue weighted by molar-refractivity contribution is 6.39. The summed E-state index contributed by atoms with van der Waals surface area (Å²) in [4.78, 5) is 26.3. The number of aromatic hydroxyl groups is 2. The molecule has 1 unspecified atom stereocenters. The van der Waals surface area contributed by atoms with Crippen molar-refractivity contribution >= 4 is 35.1 Å². The molecule has 0 aliphatic carbocycles. The molecule has 10 saturated heterocycles. The fourth-order valence-electron chi connectivity index (χ4n) is 13.5. The molecular weight excluding hydrogens is 1240 g/mol. The molecule has 10 heterocycles. The van der Waals surface area contributed by atoms with Crippen LogP contribution in [0.3, 0.4) is 0 Å². The lowest BCUT2D eigenvalue weighted by molar-refractivity contribution is -0.420. The highest BCUT2D eigenvalue weighted by atomic mass is 35.5. The van der Waals surface area contributed by atoms with Crippen molar-refractivity contribution < 1.29 is 150 Å². The molecule has 1 aromatic rings. The molecule has 31 atom stereocenters. The summed E-state index contributed by atoms with van der Waals surface area (Å²) >= 11 is 12.1. The van der Waals surface area contributed by atoms with Crippen molar-refractivity contribution in [2.45, 2.75) is 270 Å². The van der Waals surface area contributed by atoms with E-state index in [1.165, 1.54) is 35.0 Å². The van der Waals surface area contributed by atoms with Gasteiger partial charge in [0.2, 0.25) is 6.29 Å². The first kappa shape index (κ1) is 67.7. The number of carbonyl (C=O) groups is 2. The van der Waals surface area contributed by atoms with Gasteiger partial charge >= 0.3 is 17.9 Å². The lowest BCUT2D eigenvalue weighted by Gasteiger charge is -2.49. The summed E-state index contributed by atoms with van der Waals surface area (Å²) < 4.78 is 129. The van der Waals surface area contributed by atoms with E-state index in [9.17, 15) is 50.4 Å². The van der Waals surface area contributed by atoms with Gasteiger partial charge in [0.25, 0.3) is 5.97 Å². The predicted molar refractivity (Wildman–Crippen MR) is 289 cm³/mol. The third kappa shape index (κ3) is 12.7. The number of esters is 2. The van der Waals surface area contributed by atoms with Gasteiger partial charge in [-0.05, 0) is 54.0 Å². The zero-order valence-corrected chi connectivity index (χ0v) is 51.9. The Labute approximate surface area is 520 Å². The van der Waals surface area contributed by atoms with Crippen LogP contribution in [0.15, 0.2) is 0 Å². The van der Waals surface area contributed by atoms with Crippen LogP contribution in [0.25, 0.3) is 0 Å². The van der Waals surface area contributed by atoms with Crippen molar-refractivity contribution in [2.24, 2.45) is 0 Å². The summed E-state index contributed by atoms with van der Waals surface area (Å²) in [5, 5.41) is 89.2. The minimum atomic E-state index is -1.88. The van der Waals surface area contributed by atoms with Crippen molar-refractivity contribution in [2.75, 3.05) is 34.2 Å². The van der Waals surface area contributed by atoms with Gasteiger partial charge in [-0.25, -0.2) is 4.79 Å². The fraction of sp³-hybridized carbons (Fsp3) is 0.857. The Hall–Kier alpha value is -2.66. The van der Waals surface area contributed by atoms with E-state index in [0.717, 1.165) is 0 Å². The molecule has 504 valence electrons. The number of hydrogen-bond donors (Lipinski definition) is 8. The number of hydrogen-bond acceptors (Lipinski definition) is 31. The normalized spacial score (nSPS) is 48.9. The lowest BCUT2D eigenvalue weighted by Crippen LogP contribution is -2.66. The predicted octanol–water partition coefficient (Wildman–Crippen LogP) is -0.110. The van der Waals surface area contributed by atoms with Gasteiger partial charge in [-0.3, -0.25) is 4.79 Å². The molecule has 0 aromatic heterocycles. The standard InChI is InChI=1S/C56H80Cl2O31/c1-11-28(61)78-47-43-27(86-56(87-43)49-45(72-17-73-49)35(63)20(4)85-56)16-71-52(47)83-53-46(70-10)38(66)42(26(77-53)15-69-9)82-51-39(67)44(34(62)19(3)76-51)80-30-14-54(8)48(23(7)75-30)88-55(89-54)13-25(60)41(22(6)84-55)79-29-12-24(59)40(21(5)74-29)81-50(68)31-18(2)32(57)37(65)33(58)36(31)64/h19-27,29-30,34-35,38-49,51-53,59-60,62-67H,11-17H2,1-10H3/t19-,20-,21-,22-,23-,24-,25-,26-,27+,29+,30+,34+,35+,38+,39-,40-,41-,42-,43-,44+,45+,46+,47-,48-,49-,51+,52-,53+,54-,55?,56-/m1/s1. The maximum absolute atomic E-state index is 13.3. The number of aliphatic hydroxyl groups is 6. The molecule has 33 heteroatoms. The second-order valence-corrected chi connectivity index (χ2v) is 25.1. The van der Waals surface area contributed by atoms with Crippen molar-refractivity contribution in [3.05, 3.63) is 21.2 Å². The van der Waals surface area contributed by atoms with Gasteiger partial charge in [-0.1, -0.05) is 30.1 Å². The molecule has 2 spiro atoms. The molecule has 8 N–H and O–H groups in total. The summed E-state index contributed by atoms with van der Waals surface area (Å²) in [6.07, 6.45) is -34.0. The molecule has 0 amide bonds. The average molecular weight is 1320 g/mol. The van der Waals surface area contributed by atoms with Crippen molar-refractivity contribution in [1.29, 1.82) is 0 Å². The molecule has 0 bridgehead atoms. The monoisotopic (exact) mass is 1320 g/mol. The largest absolute Gasteiger partial charge is 0.505 e. The second kappa shape index (κ2) is 26.5. The zero-order chi connectivity index (χ0) is 64.1. The maximum atomic E-state index is 13.3. The quantitative estimate of drug-likeness (QED) is 0.106. The third-order valence-corrected chi connectivity index (χ3v) is 18.9. The van der Waals surface area contributed by atoms with Crippen LogP contribution in [0.5, 0.6) is 11.5 Å². The van der Waals surface area contributed by atoms with Gasteiger partial charge in [-0.2, -0.15) is 0 Å². The Bertz CT molecular complexity index is 2630. The van der Waals surface area contributed by atoms with E-state index in [0.29, 0.717) is 0 Å². The summed E-state index contributed by atoms with van der Waals surface area (Å²) in [5.74, 6) is -6.81. The first-order chi connectivity index (χ1) is 42.1. The second-order valence-electron chi connectivity index (χ2n) is 24.3. The van der Waals surface area contributed by atoms with Crippen LogP contribution in [0.2, 0.25) is 10.0 Å². The van der Waals surface area contributed by atoms with Crippen LogP contribution in [-0.4, -0.2) is 276 Å². The average Bonchev–Trinajstić information content (AvgIpc) is 1.60. The van der Waals surface area contributed by atoms with Crippen LogP contribution < -0.4 is 0 Å². The summed E-state index contributed by atoms with van der Waals surface area (Å²) in [6, 6.07) is 0. The minimum Gasteiger partial charge on any atom is -0.505 e. The number of rotatable bonds is 15. The van der Waals surface area contributed by atoms with Gasteiger partial charge < -0.3 is 140 Å². The highest BCUT2D eigenvalue weighted by Crippen LogP contribution is 2.52. The van der Waals surface area contributed by atoms with E-state index in [4.69, 9.17) is 123 Å². The molecule has 0 radical (unpaired) electrons. The number of ether oxygens (including phenoxy) is 21. The van der Waals surface area contributed by atoms with E-state index in [2.05, 4.69) is 0 Å². The van der Waals surface area contributed by atoms with Crippen molar-refractivity contribution in [1.82, 2.24) is 0 Å². The van der Waals surface area contributed by atoms with Crippen molar-refractivity contribution in [3.8, 4) is 11.5 Å². The minimum absolute atomic E-state index is 0.00754. The number of aliphatic hydroxyl groups excluding tert-OH is 6. The van der Waals surface area contributed by atoms with Crippen molar-refractivity contribution in [3.63, 3.8) is 0 Å². The number of halogens is 2. The first-order valence-electron chi connectivity index (χ1n) is 29.7. The summed E-state index contributed by atoms with van der Waals surface area (Å²) in [7, 11) is 2.67. The zero-order valence-electron chi connectivity index (χ0n) is 50.3. The first-order valence-corrected chi connectivity index (χ1v) is 30.5. The number of phenols is 2. The number of fused-ring (bicyclic) bond motifs is 4. The van der Waals surface area contributed by atoms with Gasteiger partial charge in [0.1, 0.15) is 102 Å². The molecule has 89 heavy (non-hydrogen) atoms. The van der Waals surface area contributed by atoms with E-state index < -0.39 is 223 Å². The molecule has 31 nitrogen and oxygen atoms in total. The van der Waals surface area contributed by atoms with E-state index in [-0.39, 0.29) is 56.3 Å². The van der Waals surface area contributed by atoms with E-state index >= 15 is 0 Å². The van der Waals surface area contributed by atoms with Crippen LogP contribution in [0.1, 0.15) is 90.1 Å². The van der Waals surface area contributed by atoms with E-state index in [1.54, 1.807) is 34.6 Å². The molecule has 10 fully saturated rings. The maximum Gasteiger partial charge on any atom is 0.342 e. The van der Waals surface area contributed by atoms with Crippen LogP contribution in [-0.2, 0) is 104 Å². The van der Waals surface area contributed by atoms with Gasteiger partial charge in [0.05, 0.1) is 67.4 Å². The number of carbonyl (C=O) groups excluding carboxylic acids is 2. The summed E-state index contributed by atoms with van der Waals surface area (Å²) in [5.41, 5.74) is -1.65. The van der Waals surface area contributed by atoms with Gasteiger partial charge in [0.15, 0.2) is 55.0 Å². The Morgan fingerprint density at radius 2 is 1.34 bits per heavy atom. The Kier molecular flexibility index (Phi) is 20.2. The van der Waals surface area contributed by atoms with E-state index in [1.807, 2.05) is 0 Å². The van der Waals surface area contributed by atoms with Crippen LogP contribution >= 0.6 is 23.2 Å². The fourth-order valence-corrected chi connectivity index (χ4v) is 14.0. The smallest absolute Gasteiger partial charge is 0.342 e. The molecule has 11 rings (SSSR count). The lowest BCUT2D eigenvalue weighted by atomic mass is 9.89. The topological polar surface area (TPSA) is 390 Å². The van der Waals surface area contributed by atoms with Gasteiger partial charge in [-0.15, -0.1) is 0 Å². The molecule has 1 aromatic carbocycles. The Morgan fingerprint density at radius 3 is 2.03 bits per heavy atom. The Balaban J connectivity index is 0.708. The third-order valence-electron chi connectivity index (χ3n) is 18.0. The molecular formula is C56H80Cl2O31.